The van der Waals surface area contributed by atoms with E-state index in [1.165, 1.54) is 11.8 Å². The molecule has 4 nitrogen and oxygen atoms in total. The van der Waals surface area contributed by atoms with E-state index in [2.05, 4.69) is 5.32 Å². The van der Waals surface area contributed by atoms with E-state index in [-0.39, 0.29) is 11.7 Å². The molecule has 0 aliphatic heterocycles. The molecule has 142 valence electrons. The van der Waals surface area contributed by atoms with Crippen molar-refractivity contribution in [1.29, 1.82) is 0 Å². The number of carbonyl (C=O) groups is 2. The van der Waals surface area contributed by atoms with Gasteiger partial charge in [-0.25, -0.2) is 0 Å². The predicted molar refractivity (Wildman–Crippen MR) is 112 cm³/mol. The van der Waals surface area contributed by atoms with E-state index in [9.17, 15) is 9.59 Å². The maximum Gasteiger partial charge on any atom is 0.251 e. The van der Waals surface area contributed by atoms with Crippen LogP contribution in [0.1, 0.15) is 26.3 Å². The summed E-state index contributed by atoms with van der Waals surface area (Å²) in [7, 11) is 1.62. The minimum absolute atomic E-state index is 0.0694. The Bertz CT molecular complexity index is 940. The summed E-state index contributed by atoms with van der Waals surface area (Å²) in [5.74, 6) is 1.04. The molecule has 0 aromatic heterocycles. The lowest BCUT2D eigenvalue weighted by Gasteiger charge is -2.08. The first-order valence-corrected chi connectivity index (χ1v) is 9.86. The molecule has 1 N–H and O–H groups in total. The molecule has 3 aromatic carbocycles. The van der Waals surface area contributed by atoms with Gasteiger partial charge in [-0.15, -0.1) is 11.8 Å². The monoisotopic (exact) mass is 391 g/mol. The molecular formula is C23H21NO3S. The highest BCUT2D eigenvalue weighted by molar-refractivity contribution is 8.00. The standard InChI is InChI=1S/C23H21NO3S/c1-27-20-12-10-17(11-13-20)15-24-23(26)19-8-5-9-21(14-19)28-16-22(25)18-6-3-2-4-7-18/h2-14H,15-16H2,1H3,(H,24,26). The topological polar surface area (TPSA) is 55.4 Å². The van der Waals surface area contributed by atoms with Crippen LogP contribution in [-0.4, -0.2) is 24.6 Å². The third-order valence-electron chi connectivity index (χ3n) is 4.17. The van der Waals surface area contributed by atoms with Crippen molar-refractivity contribution in [1.82, 2.24) is 5.32 Å². The second-order valence-corrected chi connectivity index (χ2v) is 7.19. The van der Waals surface area contributed by atoms with E-state index in [1.807, 2.05) is 72.8 Å². The van der Waals surface area contributed by atoms with Crippen LogP contribution in [0, 0.1) is 0 Å². The van der Waals surface area contributed by atoms with E-state index >= 15 is 0 Å². The number of hydrogen-bond donors (Lipinski definition) is 1. The molecule has 3 rings (SSSR count). The lowest BCUT2D eigenvalue weighted by Crippen LogP contribution is -2.22. The smallest absolute Gasteiger partial charge is 0.251 e. The minimum Gasteiger partial charge on any atom is -0.497 e. The van der Waals surface area contributed by atoms with E-state index < -0.39 is 0 Å². The molecule has 0 spiro atoms. The van der Waals surface area contributed by atoms with Crippen LogP contribution >= 0.6 is 11.8 Å². The summed E-state index contributed by atoms with van der Waals surface area (Å²) in [5.41, 5.74) is 2.27. The Kier molecular flexibility index (Phi) is 6.87. The molecule has 3 aromatic rings. The van der Waals surface area contributed by atoms with Gasteiger partial charge in [0.2, 0.25) is 0 Å². The second-order valence-electron chi connectivity index (χ2n) is 6.14. The van der Waals surface area contributed by atoms with Crippen LogP contribution in [0.15, 0.2) is 83.8 Å². The van der Waals surface area contributed by atoms with Gasteiger partial charge in [0.15, 0.2) is 5.78 Å². The van der Waals surface area contributed by atoms with Crippen LogP contribution in [0.4, 0.5) is 0 Å². The van der Waals surface area contributed by atoms with E-state index in [4.69, 9.17) is 4.74 Å². The number of rotatable bonds is 8. The van der Waals surface area contributed by atoms with Gasteiger partial charge in [0, 0.05) is 22.6 Å². The van der Waals surface area contributed by atoms with Crippen molar-refractivity contribution in [3.8, 4) is 5.75 Å². The number of hydrogen-bond acceptors (Lipinski definition) is 4. The number of ketones is 1. The molecule has 0 heterocycles. The molecule has 0 unspecified atom stereocenters. The Morgan fingerprint density at radius 1 is 0.893 bits per heavy atom. The fourth-order valence-corrected chi connectivity index (χ4v) is 3.46. The molecule has 0 fully saturated rings. The number of carbonyl (C=O) groups excluding carboxylic acids is 2. The summed E-state index contributed by atoms with van der Waals surface area (Å²) in [4.78, 5) is 25.6. The quantitative estimate of drug-likeness (QED) is 0.450. The Morgan fingerprint density at radius 2 is 1.61 bits per heavy atom. The van der Waals surface area contributed by atoms with Crippen molar-refractivity contribution in [3.05, 3.63) is 95.6 Å². The largest absolute Gasteiger partial charge is 0.497 e. The molecule has 0 bridgehead atoms. The van der Waals surface area contributed by atoms with E-state index in [0.717, 1.165) is 16.2 Å². The summed E-state index contributed by atoms with van der Waals surface area (Å²) in [5, 5.41) is 2.91. The van der Waals surface area contributed by atoms with Gasteiger partial charge in [-0.1, -0.05) is 48.5 Å². The maximum atomic E-state index is 12.4. The fourth-order valence-electron chi connectivity index (χ4n) is 2.61. The van der Waals surface area contributed by atoms with Gasteiger partial charge in [-0.3, -0.25) is 9.59 Å². The molecule has 0 aliphatic rings. The van der Waals surface area contributed by atoms with Gasteiger partial charge in [0.25, 0.3) is 5.91 Å². The lowest BCUT2D eigenvalue weighted by atomic mass is 10.2. The molecule has 5 heteroatoms. The zero-order valence-corrected chi connectivity index (χ0v) is 16.4. The zero-order chi connectivity index (χ0) is 19.8. The Hall–Kier alpha value is -3.05. The first-order chi connectivity index (χ1) is 13.7. The zero-order valence-electron chi connectivity index (χ0n) is 15.6. The molecule has 0 saturated heterocycles. The van der Waals surface area contributed by atoms with Crippen molar-refractivity contribution in [2.24, 2.45) is 0 Å². The summed E-state index contributed by atoms with van der Waals surface area (Å²) in [6.07, 6.45) is 0. The number of amides is 1. The van der Waals surface area contributed by atoms with Crippen molar-refractivity contribution in [2.75, 3.05) is 12.9 Å². The predicted octanol–water partition coefficient (Wildman–Crippen LogP) is 4.60. The van der Waals surface area contributed by atoms with Crippen molar-refractivity contribution in [3.63, 3.8) is 0 Å². The van der Waals surface area contributed by atoms with Crippen LogP contribution in [0.3, 0.4) is 0 Å². The highest BCUT2D eigenvalue weighted by Crippen LogP contribution is 2.21. The fraction of sp³-hybridized carbons (Fsp3) is 0.130. The van der Waals surface area contributed by atoms with Crippen molar-refractivity contribution >= 4 is 23.5 Å². The van der Waals surface area contributed by atoms with Gasteiger partial charge >= 0.3 is 0 Å². The molecule has 0 atom stereocenters. The number of Topliss-reactive ketones (excluding diaryl/α,β-unsaturated/α-hetero) is 1. The van der Waals surface area contributed by atoms with Gasteiger partial charge in [0.05, 0.1) is 12.9 Å². The number of benzene rings is 3. The van der Waals surface area contributed by atoms with Gasteiger partial charge in [-0.05, 0) is 35.9 Å². The molecule has 0 aliphatic carbocycles. The van der Waals surface area contributed by atoms with Crippen LogP contribution in [0.5, 0.6) is 5.75 Å². The number of thioether (sulfide) groups is 1. The van der Waals surface area contributed by atoms with Crippen LogP contribution < -0.4 is 10.1 Å². The average molecular weight is 391 g/mol. The van der Waals surface area contributed by atoms with Crippen LogP contribution in [0.25, 0.3) is 0 Å². The normalized spacial score (nSPS) is 10.3. The number of methoxy groups -OCH3 is 1. The third-order valence-corrected chi connectivity index (χ3v) is 5.17. The Balaban J connectivity index is 1.55. The van der Waals surface area contributed by atoms with Crippen LogP contribution in [0.2, 0.25) is 0 Å². The number of nitrogens with one attached hydrogen (secondary N) is 1. The van der Waals surface area contributed by atoms with Gasteiger partial charge < -0.3 is 10.1 Å². The van der Waals surface area contributed by atoms with Gasteiger partial charge in [0.1, 0.15) is 5.75 Å². The maximum absolute atomic E-state index is 12.4. The van der Waals surface area contributed by atoms with Crippen LogP contribution in [-0.2, 0) is 6.54 Å². The average Bonchev–Trinajstić information content (AvgIpc) is 2.77. The highest BCUT2D eigenvalue weighted by Gasteiger charge is 2.09. The third kappa shape index (κ3) is 5.47. The first-order valence-electron chi connectivity index (χ1n) is 8.88. The summed E-state index contributed by atoms with van der Waals surface area (Å²) < 4.78 is 5.13. The summed E-state index contributed by atoms with van der Waals surface area (Å²) >= 11 is 1.43. The van der Waals surface area contributed by atoms with E-state index in [0.29, 0.717) is 23.4 Å². The molecule has 1 amide bonds. The molecular weight excluding hydrogens is 370 g/mol. The highest BCUT2D eigenvalue weighted by atomic mass is 32.2. The van der Waals surface area contributed by atoms with Crippen molar-refractivity contribution < 1.29 is 14.3 Å². The second kappa shape index (κ2) is 9.76. The van der Waals surface area contributed by atoms with Crippen molar-refractivity contribution in [2.45, 2.75) is 11.4 Å². The lowest BCUT2D eigenvalue weighted by molar-refractivity contribution is 0.0950. The number of ether oxygens (including phenoxy) is 1. The summed E-state index contributed by atoms with van der Waals surface area (Å²) in [6.45, 7) is 0.437. The SMILES string of the molecule is COc1ccc(CNC(=O)c2cccc(SCC(=O)c3ccccc3)c2)cc1. The molecule has 28 heavy (non-hydrogen) atoms. The Morgan fingerprint density at radius 3 is 2.32 bits per heavy atom. The van der Waals surface area contributed by atoms with E-state index in [1.54, 1.807) is 13.2 Å². The molecule has 0 radical (unpaired) electrons. The molecule has 0 saturated carbocycles. The summed E-state index contributed by atoms with van der Waals surface area (Å²) in [6, 6.07) is 24.1. The van der Waals surface area contributed by atoms with Gasteiger partial charge in [-0.2, -0.15) is 0 Å². The Labute approximate surface area is 168 Å². The first kappa shape index (κ1) is 19.7. The minimum atomic E-state index is -0.146.